The fourth-order valence-electron chi connectivity index (χ4n) is 4.39. The number of hydrogen-bond acceptors (Lipinski definition) is 5. The molecule has 178 valence electrons. The number of aromatic nitrogens is 1. The van der Waals surface area contributed by atoms with Crippen LogP contribution in [0.15, 0.2) is 59.4 Å². The fourth-order valence-corrected chi connectivity index (χ4v) is 4.39. The summed E-state index contributed by atoms with van der Waals surface area (Å²) in [5.74, 6) is 0.565. The third kappa shape index (κ3) is 5.22. The molecule has 0 spiro atoms. The van der Waals surface area contributed by atoms with Gasteiger partial charge in [-0.3, -0.25) is 14.4 Å². The first kappa shape index (κ1) is 23.4. The van der Waals surface area contributed by atoms with Gasteiger partial charge in [0.1, 0.15) is 11.5 Å². The molecule has 34 heavy (non-hydrogen) atoms. The zero-order valence-electron chi connectivity index (χ0n) is 19.2. The SMILES string of the molecule is CC(=O)NCCCOc1ccc(C(=O)N2CCC(n3c(=O)cc(O)c4ccccc43)CC2)cc1. The van der Waals surface area contributed by atoms with Gasteiger partial charge < -0.3 is 24.6 Å². The number of likely N-dealkylation sites (tertiary alicyclic amines) is 1. The molecule has 8 heteroatoms. The Morgan fingerprint density at radius 3 is 2.50 bits per heavy atom. The molecule has 0 radical (unpaired) electrons. The number of rotatable bonds is 7. The number of pyridine rings is 1. The van der Waals surface area contributed by atoms with E-state index in [2.05, 4.69) is 5.32 Å². The third-order valence-electron chi connectivity index (χ3n) is 6.12. The van der Waals surface area contributed by atoms with E-state index in [1.807, 2.05) is 23.1 Å². The lowest BCUT2D eigenvalue weighted by Gasteiger charge is -2.33. The molecule has 0 saturated carbocycles. The summed E-state index contributed by atoms with van der Waals surface area (Å²) in [6.07, 6.45) is 2.03. The van der Waals surface area contributed by atoms with E-state index in [1.165, 1.54) is 13.0 Å². The molecule has 2 heterocycles. The Bertz CT molecular complexity index is 1230. The summed E-state index contributed by atoms with van der Waals surface area (Å²) >= 11 is 0. The van der Waals surface area contributed by atoms with Crippen molar-refractivity contribution in [1.82, 2.24) is 14.8 Å². The van der Waals surface area contributed by atoms with Crippen molar-refractivity contribution in [2.75, 3.05) is 26.2 Å². The van der Waals surface area contributed by atoms with Gasteiger partial charge in [0, 0.05) is 49.6 Å². The number of nitrogens with one attached hydrogen (secondary N) is 1. The van der Waals surface area contributed by atoms with Gasteiger partial charge in [-0.05, 0) is 55.7 Å². The Hall–Kier alpha value is -3.81. The first-order valence-corrected chi connectivity index (χ1v) is 11.5. The standard InChI is InChI=1S/C26H29N3O5/c1-18(30)27-13-4-16-34-21-9-7-19(8-10-21)26(33)28-14-11-20(12-15-28)29-23-6-3-2-5-22(23)24(31)17-25(29)32/h2-3,5-10,17,20,31H,4,11-16H2,1H3,(H,27,30). The number of fused-ring (bicyclic) bond motifs is 1. The number of amides is 2. The smallest absolute Gasteiger partial charge is 0.254 e. The van der Waals surface area contributed by atoms with Gasteiger partial charge in [0.15, 0.2) is 0 Å². The molecule has 0 unspecified atom stereocenters. The zero-order chi connectivity index (χ0) is 24.1. The minimum absolute atomic E-state index is 0.00961. The molecular formula is C26H29N3O5. The van der Waals surface area contributed by atoms with Crippen molar-refractivity contribution >= 4 is 22.7 Å². The highest BCUT2D eigenvalue weighted by molar-refractivity contribution is 5.94. The van der Waals surface area contributed by atoms with Crippen LogP contribution in [-0.4, -0.2) is 52.6 Å². The predicted octanol–water partition coefficient (Wildman–Crippen LogP) is 3.09. The van der Waals surface area contributed by atoms with Gasteiger partial charge >= 0.3 is 0 Å². The second kappa shape index (κ2) is 10.4. The number of ether oxygens (including phenoxy) is 1. The summed E-state index contributed by atoms with van der Waals surface area (Å²) in [5.41, 5.74) is 1.08. The quantitative estimate of drug-likeness (QED) is 0.525. The summed E-state index contributed by atoms with van der Waals surface area (Å²) in [7, 11) is 0. The molecule has 4 rings (SSSR count). The van der Waals surface area contributed by atoms with Crippen LogP contribution < -0.4 is 15.6 Å². The van der Waals surface area contributed by atoms with Crippen molar-refractivity contribution in [3.63, 3.8) is 0 Å². The average molecular weight is 464 g/mol. The molecular weight excluding hydrogens is 434 g/mol. The molecule has 1 aromatic heterocycles. The van der Waals surface area contributed by atoms with Crippen LogP contribution in [0.25, 0.3) is 10.9 Å². The van der Waals surface area contributed by atoms with Crippen molar-refractivity contribution in [2.24, 2.45) is 0 Å². The van der Waals surface area contributed by atoms with Crippen molar-refractivity contribution in [1.29, 1.82) is 0 Å². The lowest BCUT2D eigenvalue weighted by molar-refractivity contribution is -0.118. The molecule has 0 aliphatic carbocycles. The van der Waals surface area contributed by atoms with Crippen molar-refractivity contribution in [2.45, 2.75) is 32.2 Å². The number of aromatic hydroxyl groups is 1. The number of benzene rings is 2. The Morgan fingerprint density at radius 2 is 1.79 bits per heavy atom. The maximum absolute atomic E-state index is 13.0. The van der Waals surface area contributed by atoms with Gasteiger partial charge in [0.05, 0.1) is 12.1 Å². The lowest BCUT2D eigenvalue weighted by Crippen LogP contribution is -2.40. The lowest BCUT2D eigenvalue weighted by atomic mass is 10.0. The highest BCUT2D eigenvalue weighted by Crippen LogP contribution is 2.29. The van der Waals surface area contributed by atoms with Gasteiger partial charge in [-0.15, -0.1) is 0 Å². The van der Waals surface area contributed by atoms with E-state index in [1.54, 1.807) is 34.9 Å². The number of nitrogens with zero attached hydrogens (tertiary/aromatic N) is 2. The van der Waals surface area contributed by atoms with Gasteiger partial charge in [-0.25, -0.2) is 0 Å². The average Bonchev–Trinajstić information content (AvgIpc) is 2.84. The van der Waals surface area contributed by atoms with Crippen LogP contribution in [0.2, 0.25) is 0 Å². The van der Waals surface area contributed by atoms with Gasteiger partial charge in [-0.2, -0.15) is 0 Å². The maximum atomic E-state index is 13.0. The first-order chi connectivity index (χ1) is 16.4. The monoisotopic (exact) mass is 463 g/mol. The molecule has 8 nitrogen and oxygen atoms in total. The van der Waals surface area contributed by atoms with Gasteiger partial charge in [0.2, 0.25) is 5.91 Å². The highest BCUT2D eigenvalue weighted by atomic mass is 16.5. The minimum atomic E-state index is -0.228. The summed E-state index contributed by atoms with van der Waals surface area (Å²) in [4.78, 5) is 38.3. The van der Waals surface area contributed by atoms with E-state index >= 15 is 0 Å². The molecule has 0 bridgehead atoms. The first-order valence-electron chi connectivity index (χ1n) is 11.5. The molecule has 1 aliphatic rings. The number of hydrogen-bond donors (Lipinski definition) is 2. The predicted molar refractivity (Wildman–Crippen MR) is 129 cm³/mol. The molecule has 2 N–H and O–H groups in total. The number of piperidine rings is 1. The largest absolute Gasteiger partial charge is 0.507 e. The second-order valence-electron chi connectivity index (χ2n) is 8.49. The topological polar surface area (TPSA) is 101 Å². The Balaban J connectivity index is 1.35. The molecule has 1 saturated heterocycles. The van der Waals surface area contributed by atoms with E-state index in [-0.39, 0.29) is 29.2 Å². The van der Waals surface area contributed by atoms with Crippen LogP contribution in [0.1, 0.15) is 42.6 Å². The van der Waals surface area contributed by atoms with Crippen LogP contribution in [0.4, 0.5) is 0 Å². The van der Waals surface area contributed by atoms with Crippen LogP contribution in [0, 0.1) is 0 Å². The fraction of sp³-hybridized carbons (Fsp3) is 0.346. The molecule has 1 aliphatic heterocycles. The number of para-hydroxylation sites is 1. The maximum Gasteiger partial charge on any atom is 0.254 e. The van der Waals surface area contributed by atoms with E-state index < -0.39 is 0 Å². The Kier molecular flexibility index (Phi) is 7.15. The van der Waals surface area contributed by atoms with Crippen LogP contribution in [-0.2, 0) is 4.79 Å². The molecule has 3 aromatic rings. The summed E-state index contributed by atoms with van der Waals surface area (Å²) in [6.45, 7) is 3.62. The molecule has 2 aromatic carbocycles. The number of carbonyl (C=O) groups is 2. The van der Waals surface area contributed by atoms with Gasteiger partial charge in [-0.1, -0.05) is 12.1 Å². The molecule has 2 amide bonds. The van der Waals surface area contributed by atoms with E-state index in [9.17, 15) is 19.5 Å². The number of carbonyl (C=O) groups excluding carboxylic acids is 2. The molecule has 0 atom stereocenters. The summed E-state index contributed by atoms with van der Waals surface area (Å²) in [6, 6.07) is 15.6. The van der Waals surface area contributed by atoms with Gasteiger partial charge in [0.25, 0.3) is 11.5 Å². The van der Waals surface area contributed by atoms with E-state index in [4.69, 9.17) is 4.74 Å². The normalized spacial score (nSPS) is 14.2. The zero-order valence-corrected chi connectivity index (χ0v) is 19.2. The summed E-state index contributed by atoms with van der Waals surface area (Å²) < 4.78 is 7.40. The Labute approximate surface area is 197 Å². The van der Waals surface area contributed by atoms with Crippen LogP contribution in [0.5, 0.6) is 11.5 Å². The highest BCUT2D eigenvalue weighted by Gasteiger charge is 2.26. The van der Waals surface area contributed by atoms with E-state index in [0.717, 1.165) is 0 Å². The van der Waals surface area contributed by atoms with Crippen molar-refractivity contribution in [3.05, 3.63) is 70.5 Å². The van der Waals surface area contributed by atoms with Crippen LogP contribution in [0.3, 0.4) is 0 Å². The molecule has 1 fully saturated rings. The van der Waals surface area contributed by atoms with Crippen LogP contribution >= 0.6 is 0 Å². The second-order valence-corrected chi connectivity index (χ2v) is 8.49. The summed E-state index contributed by atoms with van der Waals surface area (Å²) in [5, 5.41) is 13.5. The van der Waals surface area contributed by atoms with E-state index in [0.29, 0.717) is 67.7 Å². The van der Waals surface area contributed by atoms with Crippen molar-refractivity contribution < 1.29 is 19.4 Å². The Morgan fingerprint density at radius 1 is 1.09 bits per heavy atom. The third-order valence-corrected chi connectivity index (χ3v) is 6.12. The van der Waals surface area contributed by atoms with Crippen molar-refractivity contribution in [3.8, 4) is 11.5 Å². The minimum Gasteiger partial charge on any atom is -0.507 e.